The monoisotopic (exact) mass is 431 g/mol. The van der Waals surface area contributed by atoms with E-state index in [9.17, 15) is 9.90 Å². The van der Waals surface area contributed by atoms with Crippen LogP contribution in [0.5, 0.6) is 5.75 Å². The Hall–Kier alpha value is -3.45. The first-order valence-electron chi connectivity index (χ1n) is 10.9. The largest absolute Gasteiger partial charge is 0.508 e. The molecule has 1 fully saturated rings. The summed E-state index contributed by atoms with van der Waals surface area (Å²) in [5.74, 6) is 0.975. The number of carbonyl (C=O) groups excluding carboxylic acids is 1. The van der Waals surface area contributed by atoms with E-state index >= 15 is 0 Å². The van der Waals surface area contributed by atoms with Crippen molar-refractivity contribution < 1.29 is 9.90 Å². The molecule has 1 aliphatic rings. The molecule has 2 N–H and O–H groups in total. The van der Waals surface area contributed by atoms with Crippen LogP contribution in [0.25, 0.3) is 0 Å². The number of aryl methyl sites for hydroxylation is 1. The van der Waals surface area contributed by atoms with Gasteiger partial charge in [-0.25, -0.2) is 4.98 Å². The molecule has 2 aromatic heterocycles. The zero-order valence-electron chi connectivity index (χ0n) is 18.5. The summed E-state index contributed by atoms with van der Waals surface area (Å²) in [5.41, 5.74) is 3.25. The Kier molecular flexibility index (Phi) is 6.66. The molecule has 4 rings (SSSR count). The standard InChI is InChI=1S/C25H29N5O2/c1-18-6-7-20(16-27-18)25(32)28-21-8-11-26-24(15-21)29(2)22-9-12-30(13-10-22)17-19-4-3-5-23(31)14-19/h3-8,11,14-16,22,31H,9-10,12-13,17H2,1-2H3,(H,26,28,32). The quantitative estimate of drug-likeness (QED) is 0.617. The number of hydrogen-bond donors (Lipinski definition) is 2. The van der Waals surface area contributed by atoms with Crippen LogP contribution in [0.15, 0.2) is 60.9 Å². The van der Waals surface area contributed by atoms with E-state index in [0.717, 1.165) is 49.6 Å². The molecule has 0 unspecified atom stereocenters. The third kappa shape index (κ3) is 5.42. The Balaban J connectivity index is 1.34. The van der Waals surface area contributed by atoms with Gasteiger partial charge < -0.3 is 15.3 Å². The molecule has 32 heavy (non-hydrogen) atoms. The Bertz CT molecular complexity index is 1060. The Morgan fingerprint density at radius 1 is 1.16 bits per heavy atom. The lowest BCUT2D eigenvalue weighted by Crippen LogP contribution is -2.43. The van der Waals surface area contributed by atoms with Gasteiger partial charge in [-0.15, -0.1) is 0 Å². The van der Waals surface area contributed by atoms with E-state index in [2.05, 4.69) is 32.1 Å². The number of phenolic OH excluding ortho intramolecular Hbond substituents is 1. The summed E-state index contributed by atoms with van der Waals surface area (Å²) in [4.78, 5) is 25.8. The molecule has 7 heteroatoms. The fraction of sp³-hybridized carbons (Fsp3) is 0.320. The van der Waals surface area contributed by atoms with E-state index in [-0.39, 0.29) is 5.91 Å². The number of aromatic hydroxyl groups is 1. The molecule has 1 saturated heterocycles. The lowest BCUT2D eigenvalue weighted by Gasteiger charge is -2.37. The van der Waals surface area contributed by atoms with Gasteiger partial charge in [-0.05, 0) is 55.7 Å². The number of hydrogen-bond acceptors (Lipinski definition) is 6. The second-order valence-electron chi connectivity index (χ2n) is 8.33. The number of aromatic nitrogens is 2. The third-order valence-electron chi connectivity index (χ3n) is 5.96. The van der Waals surface area contributed by atoms with Gasteiger partial charge in [-0.3, -0.25) is 14.7 Å². The molecule has 1 amide bonds. The van der Waals surface area contributed by atoms with Gasteiger partial charge in [0.2, 0.25) is 0 Å². The summed E-state index contributed by atoms with van der Waals surface area (Å²) >= 11 is 0. The molecule has 0 spiro atoms. The first-order chi connectivity index (χ1) is 15.5. The average Bonchev–Trinajstić information content (AvgIpc) is 2.80. The number of piperidine rings is 1. The molecule has 0 radical (unpaired) electrons. The van der Waals surface area contributed by atoms with Crippen molar-refractivity contribution in [3.8, 4) is 5.75 Å². The van der Waals surface area contributed by atoms with Crippen molar-refractivity contribution in [2.24, 2.45) is 0 Å². The number of anilines is 2. The van der Waals surface area contributed by atoms with Crippen molar-refractivity contribution in [3.63, 3.8) is 0 Å². The van der Waals surface area contributed by atoms with Gasteiger partial charge in [-0.1, -0.05) is 12.1 Å². The van der Waals surface area contributed by atoms with Gasteiger partial charge in [0.05, 0.1) is 5.56 Å². The molecule has 1 aliphatic heterocycles. The number of nitrogens with zero attached hydrogens (tertiary/aromatic N) is 4. The van der Waals surface area contributed by atoms with Crippen molar-refractivity contribution >= 4 is 17.4 Å². The summed E-state index contributed by atoms with van der Waals surface area (Å²) in [5, 5.41) is 12.6. The zero-order chi connectivity index (χ0) is 22.5. The van der Waals surface area contributed by atoms with Gasteiger partial charge in [0, 0.05) is 62.6 Å². The predicted octanol–water partition coefficient (Wildman–Crippen LogP) is 3.84. The van der Waals surface area contributed by atoms with E-state index in [1.165, 1.54) is 0 Å². The van der Waals surface area contributed by atoms with Gasteiger partial charge in [-0.2, -0.15) is 0 Å². The fourth-order valence-electron chi connectivity index (χ4n) is 4.06. The van der Waals surface area contributed by atoms with E-state index in [4.69, 9.17) is 0 Å². The van der Waals surface area contributed by atoms with Crippen LogP contribution in [0.3, 0.4) is 0 Å². The smallest absolute Gasteiger partial charge is 0.257 e. The van der Waals surface area contributed by atoms with Gasteiger partial charge in [0.25, 0.3) is 5.91 Å². The maximum atomic E-state index is 12.5. The molecule has 166 valence electrons. The zero-order valence-corrected chi connectivity index (χ0v) is 18.5. The molecule has 0 aliphatic carbocycles. The molecular weight excluding hydrogens is 402 g/mol. The highest BCUT2D eigenvalue weighted by atomic mass is 16.3. The van der Waals surface area contributed by atoms with E-state index < -0.39 is 0 Å². The molecule has 0 atom stereocenters. The third-order valence-corrected chi connectivity index (χ3v) is 5.96. The van der Waals surface area contributed by atoms with E-state index in [1.54, 1.807) is 30.6 Å². The van der Waals surface area contributed by atoms with E-state index in [0.29, 0.717) is 23.0 Å². The Labute approximate surface area is 188 Å². The number of pyridine rings is 2. The minimum atomic E-state index is -0.183. The average molecular weight is 432 g/mol. The van der Waals surface area contributed by atoms with Crippen LogP contribution in [0, 0.1) is 6.92 Å². The van der Waals surface area contributed by atoms with Crippen molar-refractivity contribution in [2.45, 2.75) is 32.4 Å². The molecule has 1 aromatic carbocycles. The van der Waals surface area contributed by atoms with E-state index in [1.807, 2.05) is 37.3 Å². The number of amides is 1. The summed E-state index contributed by atoms with van der Waals surface area (Å²) in [6, 6.07) is 15.2. The molecule has 3 aromatic rings. The minimum absolute atomic E-state index is 0.183. The number of nitrogens with one attached hydrogen (secondary N) is 1. The highest BCUT2D eigenvalue weighted by molar-refractivity contribution is 6.04. The van der Waals surface area contributed by atoms with Crippen LogP contribution in [0.2, 0.25) is 0 Å². The van der Waals surface area contributed by atoms with Crippen molar-refractivity contribution in [2.75, 3.05) is 30.4 Å². The Morgan fingerprint density at radius 2 is 1.97 bits per heavy atom. The molecule has 0 saturated carbocycles. The van der Waals surface area contributed by atoms with Crippen molar-refractivity contribution in [1.82, 2.24) is 14.9 Å². The molecular formula is C25H29N5O2. The van der Waals surface area contributed by atoms with Crippen LogP contribution in [0.4, 0.5) is 11.5 Å². The molecule has 0 bridgehead atoms. The number of likely N-dealkylation sites (tertiary alicyclic amines) is 1. The maximum Gasteiger partial charge on any atom is 0.257 e. The molecule has 3 heterocycles. The van der Waals surface area contributed by atoms with Crippen LogP contribution in [-0.2, 0) is 6.54 Å². The number of phenols is 1. The summed E-state index contributed by atoms with van der Waals surface area (Å²) in [7, 11) is 2.06. The van der Waals surface area contributed by atoms with Gasteiger partial charge in [0.15, 0.2) is 0 Å². The lowest BCUT2D eigenvalue weighted by molar-refractivity contribution is 0.102. The SMILES string of the molecule is Cc1ccc(C(=O)Nc2ccnc(N(C)C3CCN(Cc4cccc(O)c4)CC3)c2)cn1. The summed E-state index contributed by atoms with van der Waals surface area (Å²) in [6.45, 7) is 4.71. The topological polar surface area (TPSA) is 81.6 Å². The van der Waals surface area contributed by atoms with Crippen LogP contribution in [0.1, 0.15) is 34.5 Å². The number of carbonyl (C=O) groups is 1. The van der Waals surface area contributed by atoms with Crippen molar-refractivity contribution in [1.29, 1.82) is 0 Å². The Morgan fingerprint density at radius 3 is 2.69 bits per heavy atom. The normalized spacial score (nSPS) is 14.8. The highest BCUT2D eigenvalue weighted by Crippen LogP contribution is 2.24. The lowest BCUT2D eigenvalue weighted by atomic mass is 10.0. The first kappa shape index (κ1) is 21.8. The van der Waals surface area contributed by atoms with Crippen molar-refractivity contribution in [3.05, 3.63) is 77.7 Å². The van der Waals surface area contributed by atoms with Gasteiger partial charge in [0.1, 0.15) is 11.6 Å². The van der Waals surface area contributed by atoms with Crippen LogP contribution in [-0.4, -0.2) is 52.1 Å². The first-order valence-corrected chi connectivity index (χ1v) is 10.9. The number of benzene rings is 1. The second-order valence-corrected chi connectivity index (χ2v) is 8.33. The molecule has 7 nitrogen and oxygen atoms in total. The predicted molar refractivity (Wildman–Crippen MR) is 126 cm³/mol. The summed E-state index contributed by atoms with van der Waals surface area (Å²) < 4.78 is 0. The van der Waals surface area contributed by atoms with Gasteiger partial charge >= 0.3 is 0 Å². The summed E-state index contributed by atoms with van der Waals surface area (Å²) in [6.07, 6.45) is 5.38. The number of rotatable bonds is 6. The van der Waals surface area contributed by atoms with Crippen LogP contribution < -0.4 is 10.2 Å². The highest BCUT2D eigenvalue weighted by Gasteiger charge is 2.23. The van der Waals surface area contributed by atoms with Crippen LogP contribution >= 0.6 is 0 Å². The fourth-order valence-corrected chi connectivity index (χ4v) is 4.06. The second kappa shape index (κ2) is 9.78. The minimum Gasteiger partial charge on any atom is -0.508 e. The maximum absolute atomic E-state index is 12.5.